The Morgan fingerprint density at radius 2 is 1.68 bits per heavy atom. The van der Waals surface area contributed by atoms with Crippen LogP contribution in [-0.4, -0.2) is 6.61 Å². The Bertz CT molecular complexity index is 1040. The first-order valence-electron chi connectivity index (χ1n) is 11.3. The number of aryl methyl sites for hydroxylation is 2. The Morgan fingerprint density at radius 3 is 2.39 bits per heavy atom. The lowest BCUT2D eigenvalue weighted by Gasteiger charge is -2.27. The van der Waals surface area contributed by atoms with E-state index in [1.54, 1.807) is 6.08 Å². The molecular formula is C29H31FO. The third kappa shape index (κ3) is 5.07. The number of allylic oxidation sites excluding steroid dienone is 1. The maximum Gasteiger partial charge on any atom is 0.134 e. The van der Waals surface area contributed by atoms with Gasteiger partial charge in [0.1, 0.15) is 18.2 Å². The molecule has 0 unspecified atom stereocenters. The second-order valence-corrected chi connectivity index (χ2v) is 8.61. The number of benzene rings is 3. The molecule has 0 spiro atoms. The summed E-state index contributed by atoms with van der Waals surface area (Å²) in [6.07, 6.45) is 10.3. The fraction of sp³-hybridized carbons (Fsp3) is 0.310. The average Bonchev–Trinajstić information content (AvgIpc) is 2.82. The number of rotatable bonds is 8. The summed E-state index contributed by atoms with van der Waals surface area (Å²) in [5.41, 5.74) is 3.47. The molecule has 0 atom stereocenters. The first kappa shape index (κ1) is 21.4. The molecule has 0 amide bonds. The summed E-state index contributed by atoms with van der Waals surface area (Å²) < 4.78 is 20.6. The molecule has 160 valence electrons. The molecule has 3 aromatic rings. The van der Waals surface area contributed by atoms with Gasteiger partial charge >= 0.3 is 0 Å². The van der Waals surface area contributed by atoms with Crippen molar-refractivity contribution in [3.05, 3.63) is 102 Å². The van der Waals surface area contributed by atoms with E-state index in [1.807, 2.05) is 30.3 Å². The van der Waals surface area contributed by atoms with Gasteiger partial charge in [0, 0.05) is 5.39 Å². The quantitative estimate of drug-likeness (QED) is 0.342. The Kier molecular flexibility index (Phi) is 6.86. The number of fused-ring (bicyclic) bond motifs is 1. The van der Waals surface area contributed by atoms with Crippen LogP contribution < -0.4 is 4.74 Å². The van der Waals surface area contributed by atoms with Crippen molar-refractivity contribution in [2.45, 2.75) is 44.4 Å². The molecule has 31 heavy (non-hydrogen) atoms. The van der Waals surface area contributed by atoms with Crippen LogP contribution in [0.5, 0.6) is 5.75 Å². The normalized spacial score (nSPS) is 18.6. The van der Waals surface area contributed by atoms with Crippen molar-refractivity contribution in [2.24, 2.45) is 5.92 Å². The van der Waals surface area contributed by atoms with E-state index in [-0.39, 0.29) is 5.82 Å². The molecule has 1 aliphatic carbocycles. The molecule has 1 aliphatic rings. The van der Waals surface area contributed by atoms with Crippen LogP contribution in [0.4, 0.5) is 4.39 Å². The zero-order valence-electron chi connectivity index (χ0n) is 18.2. The summed E-state index contributed by atoms with van der Waals surface area (Å²) in [5, 5.41) is 1.51. The van der Waals surface area contributed by atoms with Gasteiger partial charge in [-0.25, -0.2) is 4.39 Å². The van der Waals surface area contributed by atoms with Crippen molar-refractivity contribution in [3.63, 3.8) is 0 Å². The van der Waals surface area contributed by atoms with Crippen LogP contribution >= 0.6 is 0 Å². The Labute approximate surface area is 185 Å². The van der Waals surface area contributed by atoms with Crippen molar-refractivity contribution in [1.29, 1.82) is 0 Å². The van der Waals surface area contributed by atoms with Gasteiger partial charge < -0.3 is 4.74 Å². The first-order chi connectivity index (χ1) is 15.2. The Hall–Kier alpha value is -2.87. The molecule has 3 aromatic carbocycles. The van der Waals surface area contributed by atoms with Crippen LogP contribution in [0.25, 0.3) is 10.8 Å². The largest absolute Gasteiger partial charge is 0.490 e. The lowest BCUT2D eigenvalue weighted by molar-refractivity contribution is 0.364. The highest BCUT2D eigenvalue weighted by Gasteiger charge is 2.20. The van der Waals surface area contributed by atoms with Crippen molar-refractivity contribution in [3.8, 4) is 5.75 Å². The molecule has 0 bridgehead atoms. The van der Waals surface area contributed by atoms with Crippen LogP contribution in [0.1, 0.15) is 48.3 Å². The summed E-state index contributed by atoms with van der Waals surface area (Å²) in [4.78, 5) is 0. The van der Waals surface area contributed by atoms with E-state index in [9.17, 15) is 0 Å². The zero-order chi connectivity index (χ0) is 21.6. The number of halogens is 1. The van der Waals surface area contributed by atoms with Gasteiger partial charge in [0.05, 0.1) is 0 Å². The van der Waals surface area contributed by atoms with Crippen LogP contribution in [0, 0.1) is 11.7 Å². The van der Waals surface area contributed by atoms with Crippen LogP contribution in [0.15, 0.2) is 79.9 Å². The van der Waals surface area contributed by atoms with Gasteiger partial charge in [-0.15, -0.1) is 6.58 Å². The Balaban J connectivity index is 1.40. The van der Waals surface area contributed by atoms with E-state index in [0.29, 0.717) is 30.2 Å². The minimum Gasteiger partial charge on any atom is -0.490 e. The third-order valence-electron chi connectivity index (χ3n) is 6.61. The highest BCUT2D eigenvalue weighted by atomic mass is 19.1. The number of ether oxygens (including phenoxy) is 1. The van der Waals surface area contributed by atoms with Gasteiger partial charge in [0.2, 0.25) is 0 Å². The molecule has 2 heteroatoms. The van der Waals surface area contributed by atoms with Crippen LogP contribution in [0.2, 0.25) is 0 Å². The molecule has 0 saturated heterocycles. The van der Waals surface area contributed by atoms with Gasteiger partial charge in [0.15, 0.2) is 0 Å². The SMILES string of the molecule is C=CCOc1ccc2c(F)c(CCc3ccc(C4CCC(C=C)CC4)cc3)ccc2c1. The number of hydrogen-bond acceptors (Lipinski definition) is 1. The van der Waals surface area contributed by atoms with Gasteiger partial charge in [0.25, 0.3) is 0 Å². The molecule has 1 nitrogen and oxygen atoms in total. The summed E-state index contributed by atoms with van der Waals surface area (Å²) in [7, 11) is 0. The molecule has 0 radical (unpaired) electrons. The van der Waals surface area contributed by atoms with Gasteiger partial charge in [-0.3, -0.25) is 0 Å². The van der Waals surface area contributed by atoms with Crippen LogP contribution in [0.3, 0.4) is 0 Å². The van der Waals surface area contributed by atoms with E-state index >= 15 is 4.39 Å². The van der Waals surface area contributed by atoms with E-state index in [1.165, 1.54) is 36.8 Å². The van der Waals surface area contributed by atoms with Gasteiger partial charge in [-0.2, -0.15) is 0 Å². The highest BCUT2D eigenvalue weighted by Crippen LogP contribution is 2.36. The van der Waals surface area contributed by atoms with E-state index in [4.69, 9.17) is 4.74 Å². The van der Waals surface area contributed by atoms with E-state index in [0.717, 1.165) is 23.1 Å². The lowest BCUT2D eigenvalue weighted by atomic mass is 9.78. The second-order valence-electron chi connectivity index (χ2n) is 8.61. The van der Waals surface area contributed by atoms with Crippen LogP contribution in [-0.2, 0) is 12.8 Å². The van der Waals surface area contributed by atoms with Crippen molar-refractivity contribution in [1.82, 2.24) is 0 Å². The molecule has 0 N–H and O–H groups in total. The van der Waals surface area contributed by atoms with E-state index < -0.39 is 0 Å². The molecule has 0 heterocycles. The smallest absolute Gasteiger partial charge is 0.134 e. The van der Waals surface area contributed by atoms with Crippen molar-refractivity contribution in [2.75, 3.05) is 6.61 Å². The topological polar surface area (TPSA) is 9.23 Å². The fourth-order valence-electron chi connectivity index (χ4n) is 4.68. The highest BCUT2D eigenvalue weighted by molar-refractivity contribution is 5.85. The van der Waals surface area contributed by atoms with Crippen molar-refractivity contribution >= 4 is 10.8 Å². The van der Waals surface area contributed by atoms with Crippen molar-refractivity contribution < 1.29 is 9.13 Å². The zero-order valence-corrected chi connectivity index (χ0v) is 18.2. The monoisotopic (exact) mass is 414 g/mol. The summed E-state index contributed by atoms with van der Waals surface area (Å²) in [5.74, 6) is 1.98. The molecule has 1 saturated carbocycles. The molecule has 0 aliphatic heterocycles. The van der Waals surface area contributed by atoms with Gasteiger partial charge in [-0.1, -0.05) is 55.1 Å². The fourth-order valence-corrected chi connectivity index (χ4v) is 4.68. The standard InChI is InChI=1S/C29H31FO/c1-3-19-31-27-17-18-28-26(20-27)16-15-25(29(28)30)14-9-22-7-12-24(13-8-22)23-10-5-21(4-2)6-11-23/h3-4,7-8,12-13,15-18,20-21,23H,1-2,5-6,9-11,14,19H2. The van der Waals surface area contributed by atoms with E-state index in [2.05, 4.69) is 43.5 Å². The maximum atomic E-state index is 15.1. The molecule has 0 aromatic heterocycles. The number of hydrogen-bond donors (Lipinski definition) is 0. The minimum atomic E-state index is -0.122. The predicted octanol–water partition coefficient (Wildman–Crippen LogP) is 7.79. The second kappa shape index (κ2) is 9.96. The summed E-state index contributed by atoms with van der Waals surface area (Å²) in [6, 6.07) is 18.4. The predicted molar refractivity (Wildman–Crippen MR) is 128 cm³/mol. The lowest BCUT2D eigenvalue weighted by Crippen LogP contribution is -2.11. The summed E-state index contributed by atoms with van der Waals surface area (Å²) >= 11 is 0. The average molecular weight is 415 g/mol. The maximum absolute atomic E-state index is 15.1. The molecule has 1 fully saturated rings. The minimum absolute atomic E-state index is 0.122. The third-order valence-corrected chi connectivity index (χ3v) is 6.61. The first-order valence-corrected chi connectivity index (χ1v) is 11.3. The molecule has 4 rings (SSSR count). The summed E-state index contributed by atoms with van der Waals surface area (Å²) in [6.45, 7) is 8.04. The molecular weight excluding hydrogens is 383 g/mol. The van der Waals surface area contributed by atoms with Gasteiger partial charge in [-0.05, 0) is 90.6 Å². The Morgan fingerprint density at radius 1 is 0.903 bits per heavy atom.